The average Bonchev–Trinajstić information content (AvgIpc) is 2.62. The average molecular weight is 324 g/mol. The van der Waals surface area contributed by atoms with Gasteiger partial charge in [0.25, 0.3) is 0 Å². The van der Waals surface area contributed by atoms with Gasteiger partial charge in [0.1, 0.15) is 5.75 Å². The summed E-state index contributed by atoms with van der Waals surface area (Å²) in [6.07, 6.45) is 2.40. The second-order valence-electron chi connectivity index (χ2n) is 5.86. The first-order valence-corrected chi connectivity index (χ1v) is 8.10. The molecule has 0 fully saturated rings. The van der Waals surface area contributed by atoms with Crippen molar-refractivity contribution in [1.29, 1.82) is 0 Å². The molecule has 0 aromatic heterocycles. The van der Waals surface area contributed by atoms with Gasteiger partial charge in [0, 0.05) is 18.8 Å². The molecule has 24 heavy (non-hydrogen) atoms. The van der Waals surface area contributed by atoms with Gasteiger partial charge in [0.2, 0.25) is 0 Å². The summed E-state index contributed by atoms with van der Waals surface area (Å²) in [4.78, 5) is 26.1. The number of carbonyl (C=O) groups is 2. The van der Waals surface area contributed by atoms with Crippen LogP contribution >= 0.6 is 0 Å². The number of rotatable bonds is 3. The first kappa shape index (κ1) is 16.1. The van der Waals surface area contributed by atoms with Crippen LogP contribution in [-0.2, 0) is 22.4 Å². The van der Waals surface area contributed by atoms with Gasteiger partial charge in [-0.3, -0.25) is 9.59 Å². The first-order valence-electron chi connectivity index (χ1n) is 8.10. The third kappa shape index (κ3) is 3.56. The highest BCUT2D eigenvalue weighted by molar-refractivity contribution is 6.40. The zero-order chi connectivity index (χ0) is 16.9. The molecule has 0 radical (unpaired) electrons. The van der Waals surface area contributed by atoms with Gasteiger partial charge in [-0.15, -0.1) is 0 Å². The molecule has 5 nitrogen and oxygen atoms in total. The second kappa shape index (κ2) is 7.17. The summed E-state index contributed by atoms with van der Waals surface area (Å²) < 4.78 is 0. The summed E-state index contributed by atoms with van der Waals surface area (Å²) >= 11 is 0. The van der Waals surface area contributed by atoms with Crippen LogP contribution in [0.15, 0.2) is 48.5 Å². The van der Waals surface area contributed by atoms with Crippen LogP contribution in [0, 0.1) is 0 Å². The standard InChI is InChI=1S/C19H20N2O3/c22-16-9-7-14(8-10-16)11-12-20-18(23)19(24)21-13-3-5-15-4-1-2-6-17(15)21/h1-2,4,6-10,22H,3,5,11-13H2,(H,20,23). The molecule has 0 saturated heterocycles. The van der Waals surface area contributed by atoms with E-state index in [9.17, 15) is 14.7 Å². The van der Waals surface area contributed by atoms with Gasteiger partial charge in [0.15, 0.2) is 0 Å². The van der Waals surface area contributed by atoms with Gasteiger partial charge in [-0.1, -0.05) is 30.3 Å². The number of phenolic OH excluding ortho intramolecular Hbond substituents is 1. The third-order valence-electron chi connectivity index (χ3n) is 4.19. The van der Waals surface area contributed by atoms with Crippen molar-refractivity contribution in [3.8, 4) is 5.75 Å². The normalized spacial score (nSPS) is 13.2. The molecule has 3 rings (SSSR count). The summed E-state index contributed by atoms with van der Waals surface area (Å²) in [5, 5.41) is 11.9. The predicted octanol–water partition coefficient (Wildman–Crippen LogP) is 2.03. The minimum atomic E-state index is -0.578. The molecule has 1 aliphatic rings. The monoisotopic (exact) mass is 324 g/mol. The van der Waals surface area contributed by atoms with Crippen LogP contribution < -0.4 is 10.2 Å². The van der Waals surface area contributed by atoms with E-state index in [-0.39, 0.29) is 5.75 Å². The molecule has 2 aromatic carbocycles. The van der Waals surface area contributed by atoms with Crippen LogP contribution in [0.1, 0.15) is 17.5 Å². The highest BCUT2D eigenvalue weighted by Crippen LogP contribution is 2.26. The zero-order valence-corrected chi connectivity index (χ0v) is 13.4. The molecule has 1 aliphatic heterocycles. The van der Waals surface area contributed by atoms with Gasteiger partial charge >= 0.3 is 11.8 Å². The van der Waals surface area contributed by atoms with Crippen molar-refractivity contribution < 1.29 is 14.7 Å². The highest BCUT2D eigenvalue weighted by atomic mass is 16.3. The summed E-state index contributed by atoms with van der Waals surface area (Å²) in [6.45, 7) is 0.950. The molecular weight excluding hydrogens is 304 g/mol. The fraction of sp³-hybridized carbons (Fsp3) is 0.263. The molecule has 2 N–H and O–H groups in total. The Hall–Kier alpha value is -2.82. The lowest BCUT2D eigenvalue weighted by Crippen LogP contribution is -2.45. The number of phenols is 1. The molecule has 1 heterocycles. The number of hydrogen-bond acceptors (Lipinski definition) is 3. The molecule has 0 saturated carbocycles. The van der Waals surface area contributed by atoms with Crippen molar-refractivity contribution in [1.82, 2.24) is 5.32 Å². The van der Waals surface area contributed by atoms with E-state index in [1.165, 1.54) is 0 Å². The minimum Gasteiger partial charge on any atom is -0.508 e. The maximum Gasteiger partial charge on any atom is 0.316 e. The summed E-state index contributed by atoms with van der Waals surface area (Å²) in [5.41, 5.74) is 2.93. The van der Waals surface area contributed by atoms with E-state index < -0.39 is 11.8 Å². The Kier molecular flexibility index (Phi) is 4.79. The minimum absolute atomic E-state index is 0.210. The Morgan fingerprint density at radius 1 is 1.08 bits per heavy atom. The fourth-order valence-electron chi connectivity index (χ4n) is 2.93. The molecule has 0 bridgehead atoms. The Balaban J connectivity index is 1.57. The molecule has 5 heteroatoms. The number of nitrogens with one attached hydrogen (secondary N) is 1. The van der Waals surface area contributed by atoms with Crippen LogP contribution in [0.25, 0.3) is 0 Å². The predicted molar refractivity (Wildman–Crippen MR) is 91.9 cm³/mol. The number of aryl methyl sites for hydroxylation is 1. The Morgan fingerprint density at radius 3 is 2.62 bits per heavy atom. The van der Waals surface area contributed by atoms with E-state index in [4.69, 9.17) is 0 Å². The van der Waals surface area contributed by atoms with E-state index in [0.29, 0.717) is 19.5 Å². The molecule has 0 atom stereocenters. The number of anilines is 1. The zero-order valence-electron chi connectivity index (χ0n) is 13.4. The van der Waals surface area contributed by atoms with Gasteiger partial charge in [0.05, 0.1) is 0 Å². The maximum absolute atomic E-state index is 12.4. The first-order chi connectivity index (χ1) is 11.6. The van der Waals surface area contributed by atoms with Crippen molar-refractivity contribution >= 4 is 17.5 Å². The number of aromatic hydroxyl groups is 1. The Labute approximate surface area is 140 Å². The lowest BCUT2D eigenvalue weighted by atomic mass is 10.0. The summed E-state index contributed by atoms with van der Waals surface area (Å²) in [6, 6.07) is 14.5. The summed E-state index contributed by atoms with van der Waals surface area (Å²) in [7, 11) is 0. The van der Waals surface area contributed by atoms with E-state index >= 15 is 0 Å². The number of nitrogens with zero attached hydrogens (tertiary/aromatic N) is 1. The molecular formula is C19H20N2O3. The number of para-hydroxylation sites is 1. The quantitative estimate of drug-likeness (QED) is 0.849. The SMILES string of the molecule is O=C(NCCc1ccc(O)cc1)C(=O)N1CCCc2ccccc21. The van der Waals surface area contributed by atoms with E-state index in [1.54, 1.807) is 29.2 Å². The molecule has 2 aromatic rings. The van der Waals surface area contributed by atoms with Gasteiger partial charge in [-0.05, 0) is 48.6 Å². The van der Waals surface area contributed by atoms with E-state index in [0.717, 1.165) is 29.7 Å². The maximum atomic E-state index is 12.4. The van der Waals surface area contributed by atoms with Crippen molar-refractivity contribution in [2.75, 3.05) is 18.0 Å². The third-order valence-corrected chi connectivity index (χ3v) is 4.19. The van der Waals surface area contributed by atoms with Crippen LogP contribution in [0.3, 0.4) is 0 Å². The number of fused-ring (bicyclic) bond motifs is 1. The van der Waals surface area contributed by atoms with Gasteiger partial charge in [-0.25, -0.2) is 0 Å². The van der Waals surface area contributed by atoms with Crippen LogP contribution in [0.5, 0.6) is 5.75 Å². The molecule has 124 valence electrons. The lowest BCUT2D eigenvalue weighted by molar-refractivity contribution is -0.137. The van der Waals surface area contributed by atoms with Crippen LogP contribution in [0.2, 0.25) is 0 Å². The number of hydrogen-bond donors (Lipinski definition) is 2. The largest absolute Gasteiger partial charge is 0.508 e. The fourth-order valence-corrected chi connectivity index (χ4v) is 2.93. The lowest BCUT2D eigenvalue weighted by Gasteiger charge is -2.28. The number of carbonyl (C=O) groups excluding carboxylic acids is 2. The van der Waals surface area contributed by atoms with Crippen molar-refractivity contribution in [3.63, 3.8) is 0 Å². The molecule has 2 amide bonds. The Bertz CT molecular complexity index is 741. The van der Waals surface area contributed by atoms with Crippen molar-refractivity contribution in [2.45, 2.75) is 19.3 Å². The van der Waals surface area contributed by atoms with E-state index in [2.05, 4.69) is 5.32 Å². The van der Waals surface area contributed by atoms with Crippen molar-refractivity contribution in [2.24, 2.45) is 0 Å². The smallest absolute Gasteiger partial charge is 0.316 e. The topological polar surface area (TPSA) is 69.6 Å². The number of benzene rings is 2. The van der Waals surface area contributed by atoms with Crippen molar-refractivity contribution in [3.05, 3.63) is 59.7 Å². The number of amides is 2. The molecule has 0 unspecified atom stereocenters. The highest BCUT2D eigenvalue weighted by Gasteiger charge is 2.26. The molecule has 0 spiro atoms. The molecule has 0 aliphatic carbocycles. The van der Waals surface area contributed by atoms with Crippen LogP contribution in [-0.4, -0.2) is 30.0 Å². The van der Waals surface area contributed by atoms with Gasteiger partial charge < -0.3 is 15.3 Å². The van der Waals surface area contributed by atoms with E-state index in [1.807, 2.05) is 24.3 Å². The second-order valence-corrected chi connectivity index (χ2v) is 5.86. The van der Waals surface area contributed by atoms with Crippen LogP contribution in [0.4, 0.5) is 5.69 Å². The Morgan fingerprint density at radius 2 is 1.83 bits per heavy atom. The summed E-state index contributed by atoms with van der Waals surface area (Å²) in [5.74, 6) is -0.875. The van der Waals surface area contributed by atoms with Gasteiger partial charge in [-0.2, -0.15) is 0 Å².